The summed E-state index contributed by atoms with van der Waals surface area (Å²) in [5, 5.41) is 9.93. The highest BCUT2D eigenvalue weighted by atomic mass is 19.4. The molecule has 0 aliphatic rings. The largest absolute Gasteiger partial charge is 0.416 e. The molecule has 2 N–H and O–H groups in total. The lowest BCUT2D eigenvalue weighted by Gasteiger charge is -2.12. The van der Waals surface area contributed by atoms with Crippen LogP contribution in [0, 0.1) is 0 Å². The molecule has 1 aromatic heterocycles. The van der Waals surface area contributed by atoms with Crippen molar-refractivity contribution in [1.82, 2.24) is 20.8 Å². The number of aliphatic imine (C=N–C) groups is 1. The van der Waals surface area contributed by atoms with Crippen molar-refractivity contribution in [3.05, 3.63) is 47.1 Å². The van der Waals surface area contributed by atoms with Crippen LogP contribution in [0.5, 0.6) is 0 Å². The third-order valence-corrected chi connectivity index (χ3v) is 3.57. The summed E-state index contributed by atoms with van der Waals surface area (Å²) in [4.78, 5) is 8.32. The van der Waals surface area contributed by atoms with Gasteiger partial charge in [0.15, 0.2) is 11.8 Å². The molecule has 142 valence electrons. The Hall–Kier alpha value is -2.58. The van der Waals surface area contributed by atoms with E-state index in [9.17, 15) is 13.2 Å². The van der Waals surface area contributed by atoms with E-state index >= 15 is 0 Å². The summed E-state index contributed by atoms with van der Waals surface area (Å²) >= 11 is 0. The van der Waals surface area contributed by atoms with Crippen molar-refractivity contribution in [2.24, 2.45) is 4.99 Å². The number of rotatable bonds is 6. The maximum atomic E-state index is 12.7. The molecule has 2 rings (SSSR count). The van der Waals surface area contributed by atoms with Crippen molar-refractivity contribution in [2.45, 2.75) is 38.9 Å². The van der Waals surface area contributed by atoms with Gasteiger partial charge in [0, 0.05) is 32.5 Å². The molecule has 0 atom stereocenters. The van der Waals surface area contributed by atoms with Gasteiger partial charge in [-0.05, 0) is 17.7 Å². The van der Waals surface area contributed by atoms with Gasteiger partial charge in [-0.15, -0.1) is 0 Å². The van der Waals surface area contributed by atoms with Gasteiger partial charge in [0.2, 0.25) is 5.89 Å². The van der Waals surface area contributed by atoms with Crippen LogP contribution in [0.4, 0.5) is 13.2 Å². The summed E-state index contributed by atoms with van der Waals surface area (Å²) in [5.41, 5.74) is -0.154. The van der Waals surface area contributed by atoms with Gasteiger partial charge in [-0.1, -0.05) is 31.1 Å². The van der Waals surface area contributed by atoms with Crippen LogP contribution in [0.15, 0.2) is 33.8 Å². The molecule has 0 aliphatic heterocycles. The lowest BCUT2D eigenvalue weighted by Crippen LogP contribution is -2.37. The molecule has 0 aliphatic carbocycles. The summed E-state index contributed by atoms with van der Waals surface area (Å²) in [5.74, 6) is 1.86. The summed E-state index contributed by atoms with van der Waals surface area (Å²) < 4.78 is 43.4. The molecule has 0 fully saturated rings. The molecule has 0 saturated carbocycles. The number of nitrogens with zero attached hydrogens (tertiary/aromatic N) is 3. The second-order valence-electron chi connectivity index (χ2n) is 6.00. The number of halogens is 3. The van der Waals surface area contributed by atoms with Crippen LogP contribution < -0.4 is 10.6 Å². The predicted molar refractivity (Wildman–Crippen MR) is 91.7 cm³/mol. The highest BCUT2D eigenvalue weighted by Gasteiger charge is 2.30. The van der Waals surface area contributed by atoms with Crippen LogP contribution >= 0.6 is 0 Å². The smallest absolute Gasteiger partial charge is 0.356 e. The molecule has 0 radical (unpaired) electrons. The number of guanidine groups is 1. The van der Waals surface area contributed by atoms with E-state index in [2.05, 4.69) is 25.8 Å². The average Bonchev–Trinajstić information content (AvgIpc) is 3.06. The third-order valence-electron chi connectivity index (χ3n) is 3.57. The minimum atomic E-state index is -4.35. The number of hydrogen-bond acceptors (Lipinski definition) is 4. The number of alkyl halides is 3. The fourth-order valence-electron chi connectivity index (χ4n) is 2.16. The molecule has 0 saturated heterocycles. The van der Waals surface area contributed by atoms with E-state index in [0.717, 1.165) is 12.1 Å². The van der Waals surface area contributed by atoms with Crippen molar-refractivity contribution in [3.8, 4) is 0 Å². The van der Waals surface area contributed by atoms with E-state index in [1.54, 1.807) is 13.1 Å². The van der Waals surface area contributed by atoms with Gasteiger partial charge in [-0.25, -0.2) is 0 Å². The second-order valence-corrected chi connectivity index (χ2v) is 6.00. The molecule has 6 nitrogen and oxygen atoms in total. The fraction of sp³-hybridized carbons (Fsp3) is 0.471. The lowest BCUT2D eigenvalue weighted by molar-refractivity contribution is -0.137. The first kappa shape index (κ1) is 19.7. The molecule has 0 bridgehead atoms. The first-order valence-corrected chi connectivity index (χ1v) is 8.22. The number of benzene rings is 1. The molecule has 9 heteroatoms. The van der Waals surface area contributed by atoms with Crippen LogP contribution in [-0.4, -0.2) is 29.7 Å². The Morgan fingerprint density at radius 3 is 2.65 bits per heavy atom. The Bertz CT molecular complexity index is 740. The van der Waals surface area contributed by atoms with Gasteiger partial charge in [0.25, 0.3) is 0 Å². The van der Waals surface area contributed by atoms with Crippen molar-refractivity contribution in [3.63, 3.8) is 0 Å². The zero-order valence-electron chi connectivity index (χ0n) is 14.9. The van der Waals surface area contributed by atoms with Crippen molar-refractivity contribution in [2.75, 3.05) is 13.6 Å². The Balaban J connectivity index is 1.82. The molecule has 2 aromatic rings. The van der Waals surface area contributed by atoms with E-state index in [-0.39, 0.29) is 12.5 Å². The van der Waals surface area contributed by atoms with Gasteiger partial charge in [0.1, 0.15) is 0 Å². The first-order valence-electron chi connectivity index (χ1n) is 8.22. The molecule has 26 heavy (non-hydrogen) atoms. The number of aromatic nitrogens is 2. The predicted octanol–water partition coefficient (Wildman–Crippen LogP) is 3.12. The monoisotopic (exact) mass is 369 g/mol. The average molecular weight is 369 g/mol. The molecule has 1 aromatic carbocycles. The molecular weight excluding hydrogens is 347 g/mol. The summed E-state index contributed by atoms with van der Waals surface area (Å²) in [7, 11) is 1.59. The molecular formula is C17H22F3N5O. The van der Waals surface area contributed by atoms with E-state index in [0.29, 0.717) is 36.2 Å². The van der Waals surface area contributed by atoms with Crippen molar-refractivity contribution in [1.29, 1.82) is 0 Å². The van der Waals surface area contributed by atoms with Crippen LogP contribution in [0.3, 0.4) is 0 Å². The fourth-order valence-corrected chi connectivity index (χ4v) is 2.16. The molecule has 1 heterocycles. The van der Waals surface area contributed by atoms with Crippen LogP contribution in [0.2, 0.25) is 0 Å². The van der Waals surface area contributed by atoms with E-state index in [4.69, 9.17) is 4.52 Å². The van der Waals surface area contributed by atoms with Crippen LogP contribution in [-0.2, 0) is 19.1 Å². The van der Waals surface area contributed by atoms with Crippen molar-refractivity contribution < 1.29 is 17.7 Å². The lowest BCUT2D eigenvalue weighted by atomic mass is 10.1. The molecule has 0 spiro atoms. The molecule has 0 unspecified atom stereocenters. The second kappa shape index (κ2) is 8.68. The zero-order valence-corrected chi connectivity index (χ0v) is 14.9. The highest BCUT2D eigenvalue weighted by Crippen LogP contribution is 2.29. The van der Waals surface area contributed by atoms with E-state index in [1.165, 1.54) is 6.07 Å². The molecule has 0 amide bonds. The number of hydrogen-bond donors (Lipinski definition) is 2. The highest BCUT2D eigenvalue weighted by molar-refractivity contribution is 5.79. The van der Waals surface area contributed by atoms with Gasteiger partial charge < -0.3 is 15.2 Å². The van der Waals surface area contributed by atoms with Gasteiger partial charge >= 0.3 is 6.18 Å². The topological polar surface area (TPSA) is 75.3 Å². The Morgan fingerprint density at radius 2 is 2.04 bits per heavy atom. The Morgan fingerprint density at radius 1 is 1.27 bits per heavy atom. The third kappa shape index (κ3) is 5.75. The summed E-state index contributed by atoms with van der Waals surface area (Å²) in [6.45, 7) is 4.68. The Labute approximate surface area is 149 Å². The first-order chi connectivity index (χ1) is 12.3. The summed E-state index contributed by atoms with van der Waals surface area (Å²) in [6, 6.07) is 5.18. The van der Waals surface area contributed by atoms with Crippen molar-refractivity contribution >= 4 is 5.96 Å². The number of nitrogens with one attached hydrogen (secondary N) is 2. The zero-order chi connectivity index (χ0) is 19.2. The maximum absolute atomic E-state index is 12.7. The minimum absolute atomic E-state index is 0.197. The van der Waals surface area contributed by atoms with E-state index in [1.807, 2.05) is 13.8 Å². The van der Waals surface area contributed by atoms with Crippen LogP contribution in [0.1, 0.15) is 42.6 Å². The van der Waals surface area contributed by atoms with Gasteiger partial charge in [0.05, 0.1) is 5.56 Å². The summed E-state index contributed by atoms with van der Waals surface area (Å²) in [6.07, 6.45) is -3.83. The normalized spacial score (nSPS) is 12.5. The van der Waals surface area contributed by atoms with Gasteiger partial charge in [-0.3, -0.25) is 4.99 Å². The van der Waals surface area contributed by atoms with Crippen LogP contribution in [0.25, 0.3) is 0 Å². The SMILES string of the molecule is CN=C(NCCc1nc(C(C)C)no1)NCc1cccc(C(F)(F)F)c1. The quantitative estimate of drug-likeness (QED) is 0.604. The minimum Gasteiger partial charge on any atom is -0.356 e. The van der Waals surface area contributed by atoms with Gasteiger partial charge in [-0.2, -0.15) is 18.2 Å². The van der Waals surface area contributed by atoms with E-state index < -0.39 is 11.7 Å². The Kier molecular flexibility index (Phi) is 6.59. The standard InChI is InChI=1S/C17H22F3N5O/c1-11(2)15-24-14(26-25-15)7-8-22-16(21-3)23-10-12-5-4-6-13(9-12)17(18,19)20/h4-6,9,11H,7-8,10H2,1-3H3,(H2,21,22,23). The maximum Gasteiger partial charge on any atom is 0.416 e.